The number of aryl methyl sites for hydroxylation is 1. The van der Waals surface area contributed by atoms with Gasteiger partial charge in [-0.25, -0.2) is 9.78 Å². The number of aromatic nitrogens is 1. The fourth-order valence-electron chi connectivity index (χ4n) is 2.71. The van der Waals surface area contributed by atoms with E-state index in [0.717, 1.165) is 23.8 Å². The van der Waals surface area contributed by atoms with Gasteiger partial charge >= 0.3 is 5.97 Å². The molecule has 0 bridgehead atoms. The monoisotopic (exact) mass is 345 g/mol. The number of carbonyl (C=O) groups is 2. The lowest BCUT2D eigenvalue weighted by Gasteiger charge is -2.36. The summed E-state index contributed by atoms with van der Waals surface area (Å²) in [4.78, 5) is 32.8. The molecule has 3 rings (SSSR count). The van der Waals surface area contributed by atoms with Crippen LogP contribution in [0.1, 0.15) is 25.0 Å². The Kier molecular flexibility index (Phi) is 4.80. The van der Waals surface area contributed by atoms with Crippen LogP contribution in [-0.4, -0.2) is 55.0 Å². The van der Waals surface area contributed by atoms with E-state index in [1.807, 2.05) is 24.0 Å². The number of thiazole rings is 1. The standard InChI is InChI=1S/C17H19N3O3S/c1-12-18-11-15(24-12)16(21)20-9-7-19(8-10-20)14-5-3-13(4-6-14)17(22)23-2/h3-6,11H,7-10H2,1-2H3. The number of hydrogen-bond acceptors (Lipinski definition) is 6. The van der Waals surface area contributed by atoms with Crippen molar-refractivity contribution in [1.82, 2.24) is 9.88 Å². The number of esters is 1. The van der Waals surface area contributed by atoms with E-state index in [1.54, 1.807) is 18.3 Å². The molecule has 1 aromatic carbocycles. The van der Waals surface area contributed by atoms with E-state index in [1.165, 1.54) is 18.4 Å². The van der Waals surface area contributed by atoms with Gasteiger partial charge in [-0.2, -0.15) is 0 Å². The number of piperazine rings is 1. The maximum atomic E-state index is 12.4. The van der Waals surface area contributed by atoms with E-state index in [4.69, 9.17) is 4.74 Å². The third-order valence-electron chi connectivity index (χ3n) is 4.05. The normalized spacial score (nSPS) is 14.6. The van der Waals surface area contributed by atoms with Crippen molar-refractivity contribution in [3.05, 3.63) is 45.9 Å². The largest absolute Gasteiger partial charge is 0.465 e. The van der Waals surface area contributed by atoms with Crippen molar-refractivity contribution >= 4 is 28.9 Å². The molecule has 1 fully saturated rings. The van der Waals surface area contributed by atoms with Gasteiger partial charge in [0.2, 0.25) is 0 Å². The van der Waals surface area contributed by atoms with Gasteiger partial charge in [0.05, 0.1) is 23.9 Å². The topological polar surface area (TPSA) is 62.7 Å². The number of amides is 1. The highest BCUT2D eigenvalue weighted by Crippen LogP contribution is 2.20. The van der Waals surface area contributed by atoms with Crippen LogP contribution in [0, 0.1) is 6.92 Å². The van der Waals surface area contributed by atoms with E-state index in [9.17, 15) is 9.59 Å². The molecule has 0 radical (unpaired) electrons. The van der Waals surface area contributed by atoms with Gasteiger partial charge in [0.15, 0.2) is 0 Å². The molecule has 2 aromatic rings. The molecule has 0 spiro atoms. The van der Waals surface area contributed by atoms with Crippen molar-refractivity contribution in [2.75, 3.05) is 38.2 Å². The first-order valence-electron chi connectivity index (χ1n) is 7.73. The second kappa shape index (κ2) is 7.00. The summed E-state index contributed by atoms with van der Waals surface area (Å²) in [5.74, 6) is -0.280. The van der Waals surface area contributed by atoms with Crippen molar-refractivity contribution < 1.29 is 14.3 Å². The van der Waals surface area contributed by atoms with Crippen molar-refractivity contribution in [2.45, 2.75) is 6.92 Å². The van der Waals surface area contributed by atoms with Crippen molar-refractivity contribution in [3.8, 4) is 0 Å². The Balaban J connectivity index is 1.60. The summed E-state index contributed by atoms with van der Waals surface area (Å²) >= 11 is 1.43. The molecule has 126 valence electrons. The highest BCUT2D eigenvalue weighted by Gasteiger charge is 2.23. The molecule has 6 nitrogen and oxygen atoms in total. The lowest BCUT2D eigenvalue weighted by molar-refractivity contribution is 0.0600. The van der Waals surface area contributed by atoms with Gasteiger partial charge in [-0.1, -0.05) is 0 Å². The predicted octanol–water partition coefficient (Wildman–Crippen LogP) is 2.20. The molecule has 1 aliphatic rings. The number of hydrogen-bond donors (Lipinski definition) is 0. The second-order valence-electron chi connectivity index (χ2n) is 5.56. The summed E-state index contributed by atoms with van der Waals surface area (Å²) in [6.45, 7) is 4.78. The van der Waals surface area contributed by atoms with Gasteiger partial charge in [-0.15, -0.1) is 11.3 Å². The SMILES string of the molecule is COC(=O)c1ccc(N2CCN(C(=O)c3cnc(C)s3)CC2)cc1. The van der Waals surface area contributed by atoms with Crippen LogP contribution in [0.4, 0.5) is 5.69 Å². The fourth-order valence-corrected chi connectivity index (χ4v) is 3.46. The summed E-state index contributed by atoms with van der Waals surface area (Å²) in [5.41, 5.74) is 1.58. The van der Waals surface area contributed by atoms with Gasteiger partial charge < -0.3 is 14.5 Å². The quantitative estimate of drug-likeness (QED) is 0.798. The minimum Gasteiger partial charge on any atom is -0.465 e. The average Bonchev–Trinajstić information content (AvgIpc) is 3.07. The number of methoxy groups -OCH3 is 1. The summed E-state index contributed by atoms with van der Waals surface area (Å²) in [7, 11) is 1.37. The molecule has 1 amide bonds. The number of carbonyl (C=O) groups excluding carboxylic acids is 2. The third kappa shape index (κ3) is 3.41. The van der Waals surface area contributed by atoms with E-state index >= 15 is 0 Å². The Morgan fingerprint density at radius 2 is 1.79 bits per heavy atom. The first-order valence-corrected chi connectivity index (χ1v) is 8.55. The zero-order valence-corrected chi connectivity index (χ0v) is 14.5. The second-order valence-corrected chi connectivity index (χ2v) is 6.80. The highest BCUT2D eigenvalue weighted by atomic mass is 32.1. The van der Waals surface area contributed by atoms with Crippen LogP contribution in [0.15, 0.2) is 30.5 Å². The van der Waals surface area contributed by atoms with Gasteiger partial charge in [0.25, 0.3) is 5.91 Å². The van der Waals surface area contributed by atoms with Crippen LogP contribution < -0.4 is 4.90 Å². The van der Waals surface area contributed by atoms with Gasteiger partial charge in [-0.05, 0) is 31.2 Å². The highest BCUT2D eigenvalue weighted by molar-refractivity contribution is 7.13. The number of benzene rings is 1. The number of rotatable bonds is 3. The first-order chi connectivity index (χ1) is 11.6. The molecule has 1 saturated heterocycles. The zero-order valence-electron chi connectivity index (χ0n) is 13.7. The Bertz CT molecular complexity index is 734. The molecule has 1 aromatic heterocycles. The van der Waals surface area contributed by atoms with E-state index in [0.29, 0.717) is 23.5 Å². The minimum absolute atomic E-state index is 0.0567. The number of anilines is 1. The summed E-state index contributed by atoms with van der Waals surface area (Å²) in [6, 6.07) is 7.35. The predicted molar refractivity (Wildman–Crippen MR) is 92.7 cm³/mol. The van der Waals surface area contributed by atoms with Crippen LogP contribution in [0.5, 0.6) is 0 Å². The molecular weight excluding hydrogens is 326 g/mol. The van der Waals surface area contributed by atoms with Crippen LogP contribution in [0.2, 0.25) is 0 Å². The van der Waals surface area contributed by atoms with E-state index < -0.39 is 0 Å². The summed E-state index contributed by atoms with van der Waals surface area (Å²) < 4.78 is 4.70. The van der Waals surface area contributed by atoms with Gasteiger partial charge in [-0.3, -0.25) is 4.79 Å². The molecule has 0 atom stereocenters. The molecule has 2 heterocycles. The summed E-state index contributed by atoms with van der Waals surface area (Å²) in [5, 5.41) is 0.905. The zero-order chi connectivity index (χ0) is 17.1. The molecule has 0 aliphatic carbocycles. The van der Waals surface area contributed by atoms with Crippen LogP contribution in [0.3, 0.4) is 0 Å². The van der Waals surface area contributed by atoms with Crippen LogP contribution >= 0.6 is 11.3 Å². The lowest BCUT2D eigenvalue weighted by atomic mass is 10.2. The molecular formula is C17H19N3O3S. The van der Waals surface area contributed by atoms with Crippen molar-refractivity contribution in [2.24, 2.45) is 0 Å². The molecule has 0 saturated carbocycles. The Morgan fingerprint density at radius 1 is 1.12 bits per heavy atom. The number of nitrogens with zero attached hydrogens (tertiary/aromatic N) is 3. The first kappa shape index (κ1) is 16.4. The Morgan fingerprint density at radius 3 is 2.33 bits per heavy atom. The van der Waals surface area contributed by atoms with Gasteiger partial charge in [0.1, 0.15) is 4.88 Å². The van der Waals surface area contributed by atoms with Crippen molar-refractivity contribution in [3.63, 3.8) is 0 Å². The molecule has 7 heteroatoms. The molecule has 24 heavy (non-hydrogen) atoms. The van der Waals surface area contributed by atoms with Crippen molar-refractivity contribution in [1.29, 1.82) is 0 Å². The van der Waals surface area contributed by atoms with Crippen LogP contribution in [-0.2, 0) is 4.74 Å². The van der Waals surface area contributed by atoms with Gasteiger partial charge in [0, 0.05) is 31.9 Å². The molecule has 0 unspecified atom stereocenters. The number of ether oxygens (including phenoxy) is 1. The summed E-state index contributed by atoms with van der Waals surface area (Å²) in [6.07, 6.45) is 1.65. The molecule has 1 aliphatic heterocycles. The Labute approximate surface area is 144 Å². The Hall–Kier alpha value is -2.41. The van der Waals surface area contributed by atoms with E-state index in [2.05, 4.69) is 9.88 Å². The van der Waals surface area contributed by atoms with Crippen LogP contribution in [0.25, 0.3) is 0 Å². The lowest BCUT2D eigenvalue weighted by Crippen LogP contribution is -2.48. The smallest absolute Gasteiger partial charge is 0.337 e. The average molecular weight is 345 g/mol. The minimum atomic E-state index is -0.336. The maximum Gasteiger partial charge on any atom is 0.337 e. The maximum absolute atomic E-state index is 12.4. The molecule has 0 N–H and O–H groups in total. The van der Waals surface area contributed by atoms with E-state index in [-0.39, 0.29) is 11.9 Å². The fraction of sp³-hybridized carbons (Fsp3) is 0.353. The third-order valence-corrected chi connectivity index (χ3v) is 4.95.